The SMILES string of the molecule is O[C@H]1CCCC[C@@H]1Oc1ccc(Cl)c(F)c1. The van der Waals surface area contributed by atoms with Crippen molar-refractivity contribution >= 4 is 11.6 Å². The van der Waals surface area contributed by atoms with Gasteiger partial charge in [0.2, 0.25) is 0 Å². The highest BCUT2D eigenvalue weighted by molar-refractivity contribution is 6.30. The molecule has 4 heteroatoms. The summed E-state index contributed by atoms with van der Waals surface area (Å²) in [5.41, 5.74) is 0. The first-order chi connectivity index (χ1) is 7.66. The third-order valence-corrected chi connectivity index (χ3v) is 3.15. The van der Waals surface area contributed by atoms with Crippen LogP contribution in [0.5, 0.6) is 5.75 Å². The predicted octanol–water partition coefficient (Wildman–Crippen LogP) is 3.16. The smallest absolute Gasteiger partial charge is 0.145 e. The van der Waals surface area contributed by atoms with Crippen molar-refractivity contribution < 1.29 is 14.2 Å². The third kappa shape index (κ3) is 2.66. The van der Waals surface area contributed by atoms with E-state index in [1.165, 1.54) is 12.1 Å². The van der Waals surface area contributed by atoms with Crippen molar-refractivity contribution in [2.75, 3.05) is 0 Å². The minimum absolute atomic E-state index is 0.0801. The van der Waals surface area contributed by atoms with Crippen LogP contribution in [0.2, 0.25) is 5.02 Å². The van der Waals surface area contributed by atoms with Crippen LogP contribution in [0.4, 0.5) is 4.39 Å². The molecular formula is C12H14ClFO2. The second-order valence-corrected chi connectivity index (χ2v) is 4.49. The van der Waals surface area contributed by atoms with E-state index in [9.17, 15) is 9.50 Å². The summed E-state index contributed by atoms with van der Waals surface area (Å²) in [6, 6.07) is 4.33. The normalized spacial score (nSPS) is 25.4. The van der Waals surface area contributed by atoms with Gasteiger partial charge >= 0.3 is 0 Å². The van der Waals surface area contributed by atoms with Crippen LogP contribution in [0.3, 0.4) is 0 Å². The molecule has 2 rings (SSSR count). The molecule has 1 aliphatic rings. The van der Waals surface area contributed by atoms with Crippen LogP contribution in [-0.2, 0) is 0 Å². The van der Waals surface area contributed by atoms with Crippen molar-refractivity contribution in [3.8, 4) is 5.75 Å². The Bertz CT molecular complexity index is 370. The summed E-state index contributed by atoms with van der Waals surface area (Å²) < 4.78 is 18.7. The molecule has 0 aliphatic heterocycles. The van der Waals surface area contributed by atoms with Gasteiger partial charge in [0.1, 0.15) is 17.7 Å². The van der Waals surface area contributed by atoms with E-state index in [1.807, 2.05) is 0 Å². The van der Waals surface area contributed by atoms with Gasteiger partial charge in [0.15, 0.2) is 0 Å². The molecule has 1 N–H and O–H groups in total. The van der Waals surface area contributed by atoms with E-state index in [2.05, 4.69) is 0 Å². The zero-order valence-electron chi connectivity index (χ0n) is 8.83. The summed E-state index contributed by atoms with van der Waals surface area (Å²) in [5, 5.41) is 9.79. The predicted molar refractivity (Wildman–Crippen MR) is 60.3 cm³/mol. The molecule has 0 saturated heterocycles. The van der Waals surface area contributed by atoms with Gasteiger partial charge in [-0.15, -0.1) is 0 Å². The van der Waals surface area contributed by atoms with E-state index in [0.29, 0.717) is 5.75 Å². The maximum absolute atomic E-state index is 13.2. The van der Waals surface area contributed by atoms with E-state index in [0.717, 1.165) is 25.7 Å². The number of halogens is 2. The first-order valence-corrected chi connectivity index (χ1v) is 5.84. The van der Waals surface area contributed by atoms with E-state index < -0.39 is 11.9 Å². The van der Waals surface area contributed by atoms with Gasteiger partial charge in [-0.3, -0.25) is 0 Å². The molecule has 0 unspecified atom stereocenters. The summed E-state index contributed by atoms with van der Waals surface area (Å²) >= 11 is 5.57. The first-order valence-electron chi connectivity index (χ1n) is 5.46. The number of rotatable bonds is 2. The molecule has 0 aromatic heterocycles. The number of benzene rings is 1. The van der Waals surface area contributed by atoms with Crippen LogP contribution < -0.4 is 4.74 Å². The van der Waals surface area contributed by atoms with Gasteiger partial charge in [-0.05, 0) is 31.4 Å². The van der Waals surface area contributed by atoms with E-state index in [4.69, 9.17) is 16.3 Å². The molecule has 0 spiro atoms. The van der Waals surface area contributed by atoms with Crippen LogP contribution in [-0.4, -0.2) is 17.3 Å². The standard InChI is InChI=1S/C12H14ClFO2/c13-9-6-5-8(7-10(9)14)16-12-4-2-1-3-11(12)15/h5-7,11-12,15H,1-4H2/t11-,12-/m0/s1. The Kier molecular flexibility index (Phi) is 3.66. The lowest BCUT2D eigenvalue weighted by atomic mass is 9.95. The first kappa shape index (κ1) is 11.7. The van der Waals surface area contributed by atoms with Crippen molar-refractivity contribution in [2.45, 2.75) is 37.9 Å². The fraction of sp³-hybridized carbons (Fsp3) is 0.500. The Morgan fingerprint density at radius 3 is 2.75 bits per heavy atom. The molecule has 2 atom stereocenters. The average Bonchev–Trinajstić information content (AvgIpc) is 2.27. The van der Waals surface area contributed by atoms with Gasteiger partial charge in [0.05, 0.1) is 11.1 Å². The Morgan fingerprint density at radius 2 is 2.06 bits per heavy atom. The van der Waals surface area contributed by atoms with Gasteiger partial charge < -0.3 is 9.84 Å². The van der Waals surface area contributed by atoms with Crippen LogP contribution in [0.1, 0.15) is 25.7 Å². The van der Waals surface area contributed by atoms with Crippen LogP contribution in [0.25, 0.3) is 0 Å². The van der Waals surface area contributed by atoms with Crippen molar-refractivity contribution in [3.63, 3.8) is 0 Å². The third-order valence-electron chi connectivity index (χ3n) is 2.85. The minimum atomic E-state index is -0.496. The molecule has 16 heavy (non-hydrogen) atoms. The van der Waals surface area contributed by atoms with Crippen molar-refractivity contribution in [1.29, 1.82) is 0 Å². The lowest BCUT2D eigenvalue weighted by Crippen LogP contribution is -2.34. The van der Waals surface area contributed by atoms with Crippen LogP contribution in [0, 0.1) is 5.82 Å². The van der Waals surface area contributed by atoms with Crippen LogP contribution in [0.15, 0.2) is 18.2 Å². The molecule has 1 aromatic rings. The number of aliphatic hydroxyl groups excluding tert-OH is 1. The highest BCUT2D eigenvalue weighted by Gasteiger charge is 2.24. The minimum Gasteiger partial charge on any atom is -0.488 e. The van der Waals surface area contributed by atoms with Gasteiger partial charge in [0.25, 0.3) is 0 Å². The maximum atomic E-state index is 13.2. The number of hydrogen-bond donors (Lipinski definition) is 1. The zero-order valence-corrected chi connectivity index (χ0v) is 9.58. The zero-order chi connectivity index (χ0) is 11.5. The highest BCUT2D eigenvalue weighted by Crippen LogP contribution is 2.26. The Morgan fingerprint density at radius 1 is 1.31 bits per heavy atom. The summed E-state index contributed by atoms with van der Waals surface area (Å²) in [7, 11) is 0. The second-order valence-electron chi connectivity index (χ2n) is 4.08. The van der Waals surface area contributed by atoms with Gasteiger partial charge in [-0.2, -0.15) is 0 Å². The Labute approximate surface area is 99.0 Å². The monoisotopic (exact) mass is 244 g/mol. The molecule has 1 saturated carbocycles. The van der Waals surface area contributed by atoms with Gasteiger partial charge in [-0.25, -0.2) is 4.39 Å². The summed E-state index contributed by atoms with van der Waals surface area (Å²) in [6.45, 7) is 0. The fourth-order valence-electron chi connectivity index (χ4n) is 1.94. The molecule has 1 fully saturated rings. The molecule has 0 radical (unpaired) electrons. The molecule has 1 aromatic carbocycles. The largest absolute Gasteiger partial charge is 0.488 e. The summed E-state index contributed by atoms with van der Waals surface area (Å²) in [5.74, 6) is -0.0719. The van der Waals surface area contributed by atoms with Crippen molar-refractivity contribution in [3.05, 3.63) is 29.0 Å². The molecule has 0 heterocycles. The number of hydrogen-bond acceptors (Lipinski definition) is 2. The second kappa shape index (κ2) is 5.02. The molecule has 2 nitrogen and oxygen atoms in total. The van der Waals surface area contributed by atoms with E-state index in [1.54, 1.807) is 6.07 Å². The van der Waals surface area contributed by atoms with E-state index >= 15 is 0 Å². The maximum Gasteiger partial charge on any atom is 0.145 e. The molecule has 88 valence electrons. The number of ether oxygens (including phenoxy) is 1. The molecule has 1 aliphatic carbocycles. The van der Waals surface area contributed by atoms with Crippen molar-refractivity contribution in [2.24, 2.45) is 0 Å². The van der Waals surface area contributed by atoms with Gasteiger partial charge in [0, 0.05) is 6.07 Å². The average molecular weight is 245 g/mol. The quantitative estimate of drug-likeness (QED) is 0.866. The van der Waals surface area contributed by atoms with Crippen LogP contribution >= 0.6 is 11.6 Å². The van der Waals surface area contributed by atoms with Crippen molar-refractivity contribution in [1.82, 2.24) is 0 Å². The Balaban J connectivity index is 2.05. The van der Waals surface area contributed by atoms with E-state index in [-0.39, 0.29) is 11.1 Å². The Hall–Kier alpha value is -0.800. The summed E-state index contributed by atoms with van der Waals surface area (Å²) in [6.07, 6.45) is 2.95. The summed E-state index contributed by atoms with van der Waals surface area (Å²) in [4.78, 5) is 0. The number of aliphatic hydroxyl groups is 1. The topological polar surface area (TPSA) is 29.5 Å². The molecule has 0 amide bonds. The lowest BCUT2D eigenvalue weighted by Gasteiger charge is -2.28. The molecular weight excluding hydrogens is 231 g/mol. The lowest BCUT2D eigenvalue weighted by molar-refractivity contribution is 0.00673. The fourth-order valence-corrected chi connectivity index (χ4v) is 2.06. The van der Waals surface area contributed by atoms with Gasteiger partial charge in [-0.1, -0.05) is 18.0 Å². The molecule has 0 bridgehead atoms. The highest BCUT2D eigenvalue weighted by atomic mass is 35.5.